The van der Waals surface area contributed by atoms with E-state index in [1.165, 1.54) is 0 Å². The number of benzene rings is 3. The lowest BCUT2D eigenvalue weighted by atomic mass is 9.98. The van der Waals surface area contributed by atoms with E-state index < -0.39 is 0 Å². The molecule has 2 amide bonds. The van der Waals surface area contributed by atoms with E-state index in [1.807, 2.05) is 57.3 Å². The van der Waals surface area contributed by atoms with E-state index in [9.17, 15) is 9.59 Å². The molecule has 5 heteroatoms. The van der Waals surface area contributed by atoms with E-state index >= 15 is 0 Å². The van der Waals surface area contributed by atoms with E-state index in [2.05, 4.69) is 33.7 Å². The number of likely N-dealkylation sites (tertiary alicyclic amines) is 1. The standard InChI is InChI=1S/C25H27N3O2/c1-16-11-12-20(27-24(29)19-14-28(3)15-19)13-23(16)25(30)26-17(2)21-10-6-8-18-7-4-5-9-22(18)21/h4-13,17,19H,14-15H2,1-3H3,(H,26,30)(H,27,29)/t17-/m1/s1. The highest BCUT2D eigenvalue weighted by atomic mass is 16.2. The molecule has 1 heterocycles. The Kier molecular flexibility index (Phi) is 5.55. The molecular formula is C25H27N3O2. The quantitative estimate of drug-likeness (QED) is 0.675. The van der Waals surface area contributed by atoms with Crippen molar-refractivity contribution in [2.45, 2.75) is 19.9 Å². The lowest BCUT2D eigenvalue weighted by Gasteiger charge is -2.34. The highest BCUT2D eigenvalue weighted by Crippen LogP contribution is 2.25. The normalized spacial score (nSPS) is 15.4. The molecule has 4 rings (SSSR count). The van der Waals surface area contributed by atoms with Crippen molar-refractivity contribution in [2.24, 2.45) is 5.92 Å². The Morgan fingerprint density at radius 2 is 1.77 bits per heavy atom. The molecule has 2 N–H and O–H groups in total. The fraction of sp³-hybridized carbons (Fsp3) is 0.280. The molecule has 3 aromatic carbocycles. The number of anilines is 1. The van der Waals surface area contributed by atoms with Crippen molar-refractivity contribution < 1.29 is 9.59 Å². The van der Waals surface area contributed by atoms with Gasteiger partial charge in [-0.25, -0.2) is 0 Å². The van der Waals surface area contributed by atoms with Gasteiger partial charge in [0.2, 0.25) is 5.91 Å². The van der Waals surface area contributed by atoms with Gasteiger partial charge in [0.15, 0.2) is 0 Å². The minimum atomic E-state index is -0.147. The van der Waals surface area contributed by atoms with E-state index in [4.69, 9.17) is 0 Å². The fourth-order valence-electron chi connectivity index (χ4n) is 4.03. The van der Waals surface area contributed by atoms with Crippen molar-refractivity contribution in [1.29, 1.82) is 0 Å². The summed E-state index contributed by atoms with van der Waals surface area (Å²) in [6, 6.07) is 19.6. The molecule has 30 heavy (non-hydrogen) atoms. The molecule has 0 saturated carbocycles. The second-order valence-electron chi connectivity index (χ2n) is 8.20. The van der Waals surface area contributed by atoms with E-state index in [0.29, 0.717) is 11.3 Å². The maximum atomic E-state index is 13.0. The van der Waals surface area contributed by atoms with Gasteiger partial charge in [0, 0.05) is 24.3 Å². The molecule has 0 unspecified atom stereocenters. The van der Waals surface area contributed by atoms with Crippen LogP contribution in [-0.4, -0.2) is 36.9 Å². The Balaban J connectivity index is 1.50. The molecule has 5 nitrogen and oxygen atoms in total. The van der Waals surface area contributed by atoms with Gasteiger partial charge in [-0.15, -0.1) is 0 Å². The van der Waals surface area contributed by atoms with Crippen LogP contribution in [0.5, 0.6) is 0 Å². The third-order valence-electron chi connectivity index (χ3n) is 5.82. The molecular weight excluding hydrogens is 374 g/mol. The summed E-state index contributed by atoms with van der Waals surface area (Å²) < 4.78 is 0. The Morgan fingerprint density at radius 1 is 1.03 bits per heavy atom. The summed E-state index contributed by atoms with van der Waals surface area (Å²) in [7, 11) is 2.00. The van der Waals surface area contributed by atoms with Crippen LogP contribution in [0.25, 0.3) is 10.8 Å². The third-order valence-corrected chi connectivity index (χ3v) is 5.82. The van der Waals surface area contributed by atoms with Gasteiger partial charge in [0.05, 0.1) is 12.0 Å². The number of carbonyl (C=O) groups is 2. The first-order chi connectivity index (χ1) is 14.4. The number of fused-ring (bicyclic) bond motifs is 1. The van der Waals surface area contributed by atoms with Crippen molar-refractivity contribution in [1.82, 2.24) is 10.2 Å². The maximum absolute atomic E-state index is 13.0. The lowest BCUT2D eigenvalue weighted by Crippen LogP contribution is -2.49. The number of amides is 2. The van der Waals surface area contributed by atoms with Gasteiger partial charge in [-0.3, -0.25) is 9.59 Å². The topological polar surface area (TPSA) is 61.4 Å². The molecule has 0 radical (unpaired) electrons. The summed E-state index contributed by atoms with van der Waals surface area (Å²) in [5, 5.41) is 8.36. The smallest absolute Gasteiger partial charge is 0.252 e. The second-order valence-corrected chi connectivity index (χ2v) is 8.20. The zero-order valence-corrected chi connectivity index (χ0v) is 17.6. The lowest BCUT2D eigenvalue weighted by molar-refractivity contribution is -0.124. The molecule has 1 saturated heterocycles. The first-order valence-electron chi connectivity index (χ1n) is 10.3. The highest BCUT2D eigenvalue weighted by Gasteiger charge is 2.30. The summed E-state index contributed by atoms with van der Waals surface area (Å²) in [6.07, 6.45) is 0. The van der Waals surface area contributed by atoms with Crippen molar-refractivity contribution in [3.8, 4) is 0 Å². The maximum Gasteiger partial charge on any atom is 0.252 e. The number of hydrogen-bond acceptors (Lipinski definition) is 3. The summed E-state index contributed by atoms with van der Waals surface area (Å²) in [6.45, 7) is 5.44. The van der Waals surface area contributed by atoms with Crippen LogP contribution in [0.15, 0.2) is 60.7 Å². The average molecular weight is 402 g/mol. The molecule has 1 aliphatic rings. The SMILES string of the molecule is Cc1ccc(NC(=O)C2CN(C)C2)cc1C(=O)N[C@H](C)c1cccc2ccccc12. The number of carbonyl (C=O) groups excluding carboxylic acids is 2. The molecule has 0 spiro atoms. The fourth-order valence-corrected chi connectivity index (χ4v) is 4.03. The largest absolute Gasteiger partial charge is 0.345 e. The van der Waals surface area contributed by atoms with E-state index in [0.717, 1.165) is 35.0 Å². The van der Waals surface area contributed by atoms with Gasteiger partial charge in [-0.2, -0.15) is 0 Å². The van der Waals surface area contributed by atoms with Crippen LogP contribution in [0.2, 0.25) is 0 Å². The number of aryl methyl sites for hydroxylation is 1. The van der Waals surface area contributed by atoms with E-state index in [-0.39, 0.29) is 23.8 Å². The predicted molar refractivity (Wildman–Crippen MR) is 121 cm³/mol. The van der Waals surface area contributed by atoms with Gasteiger partial charge >= 0.3 is 0 Å². The van der Waals surface area contributed by atoms with Gasteiger partial charge < -0.3 is 15.5 Å². The summed E-state index contributed by atoms with van der Waals surface area (Å²) in [5.41, 5.74) is 3.19. The average Bonchev–Trinajstić information content (AvgIpc) is 2.72. The van der Waals surface area contributed by atoms with Gasteiger partial charge in [0.1, 0.15) is 0 Å². The van der Waals surface area contributed by atoms with Crippen molar-refractivity contribution in [2.75, 3.05) is 25.5 Å². The van der Waals surface area contributed by atoms with Crippen LogP contribution in [-0.2, 0) is 4.79 Å². The summed E-state index contributed by atoms with van der Waals surface area (Å²) in [4.78, 5) is 27.5. The highest BCUT2D eigenvalue weighted by molar-refractivity contribution is 5.99. The van der Waals surface area contributed by atoms with Crippen molar-refractivity contribution in [3.63, 3.8) is 0 Å². The first kappa shape index (κ1) is 20.1. The van der Waals surface area contributed by atoms with Gasteiger partial charge in [0.25, 0.3) is 5.91 Å². The molecule has 0 aliphatic carbocycles. The number of rotatable bonds is 5. The summed E-state index contributed by atoms with van der Waals surface area (Å²) >= 11 is 0. The van der Waals surface area contributed by atoms with Crippen LogP contribution >= 0.6 is 0 Å². The van der Waals surface area contributed by atoms with Crippen LogP contribution in [0.3, 0.4) is 0 Å². The van der Waals surface area contributed by atoms with Crippen molar-refractivity contribution in [3.05, 3.63) is 77.4 Å². The van der Waals surface area contributed by atoms with Crippen LogP contribution in [0.1, 0.15) is 34.5 Å². The van der Waals surface area contributed by atoms with Crippen LogP contribution in [0, 0.1) is 12.8 Å². The minimum absolute atomic E-state index is 0.00688. The summed E-state index contributed by atoms with van der Waals surface area (Å²) in [5.74, 6) is -0.125. The molecule has 1 aliphatic heterocycles. The zero-order valence-electron chi connectivity index (χ0n) is 17.6. The van der Waals surface area contributed by atoms with Gasteiger partial charge in [-0.05, 0) is 54.9 Å². The second kappa shape index (κ2) is 8.28. The Bertz CT molecular complexity index is 1100. The Morgan fingerprint density at radius 3 is 2.53 bits per heavy atom. The molecule has 0 aromatic heterocycles. The minimum Gasteiger partial charge on any atom is -0.345 e. The molecule has 1 atom stereocenters. The molecule has 0 bridgehead atoms. The Labute approximate surface area is 177 Å². The van der Waals surface area contributed by atoms with Crippen LogP contribution < -0.4 is 10.6 Å². The molecule has 1 fully saturated rings. The molecule has 3 aromatic rings. The molecule has 154 valence electrons. The van der Waals surface area contributed by atoms with Crippen LogP contribution in [0.4, 0.5) is 5.69 Å². The third kappa shape index (κ3) is 4.07. The van der Waals surface area contributed by atoms with Gasteiger partial charge in [-0.1, -0.05) is 48.5 Å². The Hall–Kier alpha value is -3.18. The van der Waals surface area contributed by atoms with Crippen molar-refractivity contribution >= 4 is 28.3 Å². The van der Waals surface area contributed by atoms with E-state index in [1.54, 1.807) is 6.07 Å². The zero-order chi connectivity index (χ0) is 21.3. The monoisotopic (exact) mass is 401 g/mol. The number of nitrogens with one attached hydrogen (secondary N) is 2. The number of nitrogens with zero attached hydrogens (tertiary/aromatic N) is 1. The first-order valence-corrected chi connectivity index (χ1v) is 10.3. The predicted octanol–water partition coefficient (Wildman–Crippen LogP) is 4.14. The number of hydrogen-bond donors (Lipinski definition) is 2.